The summed E-state index contributed by atoms with van der Waals surface area (Å²) in [5.74, 6) is -2.28. The maximum Gasteiger partial charge on any atom is 0.415 e. The third-order valence-electron chi connectivity index (χ3n) is 10.5. The molecule has 2 aromatic rings. The Morgan fingerprint density at radius 3 is 2.04 bits per heavy atom. The average Bonchev–Trinajstić information content (AvgIpc) is 3.60. The van der Waals surface area contributed by atoms with Crippen molar-refractivity contribution in [3.8, 4) is 0 Å². The summed E-state index contributed by atoms with van der Waals surface area (Å²) < 4.78 is 11.0. The van der Waals surface area contributed by atoms with Crippen LogP contribution in [0.25, 0.3) is 0 Å². The second-order valence-electron chi connectivity index (χ2n) is 14.2. The SMILES string of the molecule is CC(=N)N(C(=O)OCc1ccc([N+](=O)[O-])cc1)C1CN(C(=O)[C@@H]2C[C@H](SC3=C(C(=O)OCc4ccc([N+](=O)[O-])cc4)N4C(=O)[C@H]([C@@H](C)O)[C@H]4[C@H]3C)CN2C)C1. The van der Waals surface area contributed by atoms with Gasteiger partial charge >= 0.3 is 12.1 Å². The molecule has 4 heterocycles. The molecule has 2 aromatic carbocycles. The van der Waals surface area contributed by atoms with Gasteiger partial charge in [0.1, 0.15) is 24.7 Å². The van der Waals surface area contributed by atoms with E-state index in [9.17, 15) is 44.5 Å². The van der Waals surface area contributed by atoms with E-state index in [0.717, 1.165) is 0 Å². The van der Waals surface area contributed by atoms with Crippen molar-refractivity contribution in [1.29, 1.82) is 5.41 Å². The number of esters is 1. The molecule has 4 aliphatic heterocycles. The quantitative estimate of drug-likeness (QED) is 0.0788. The number of amides is 3. The van der Waals surface area contributed by atoms with Gasteiger partial charge in [0.15, 0.2) is 0 Å². The van der Waals surface area contributed by atoms with E-state index < -0.39 is 52.1 Å². The van der Waals surface area contributed by atoms with Gasteiger partial charge in [-0.3, -0.25) is 45.0 Å². The number of carbonyl (C=O) groups is 4. The van der Waals surface area contributed by atoms with Crippen LogP contribution in [0.4, 0.5) is 16.2 Å². The Morgan fingerprint density at radius 1 is 0.982 bits per heavy atom. The fourth-order valence-corrected chi connectivity index (χ4v) is 9.20. The molecule has 3 fully saturated rings. The summed E-state index contributed by atoms with van der Waals surface area (Å²) in [4.78, 5) is 81.2. The van der Waals surface area contributed by atoms with Crippen LogP contribution in [0, 0.1) is 37.5 Å². The first kappa shape index (κ1) is 39.3. The number of amidine groups is 1. The number of aliphatic hydroxyl groups is 1. The first-order valence-electron chi connectivity index (χ1n) is 17.6. The molecule has 0 saturated carbocycles. The number of thioether (sulfide) groups is 1. The standard InChI is InChI=1S/C36H41N7O11S/c1-19-30-29(20(2)44)34(46)41(30)31(35(47)53-17-22-5-9-24(10-6-22)42(49)50)32(19)55-27-13-28(38(4)16-27)33(45)39-14-26(15-39)40(21(3)37)36(48)54-18-23-7-11-25(12-8-23)43(51)52/h5-12,19-20,26-30,37,44H,13-18H2,1-4H3/t19-,20-,27+,28+,29-,30-/m1/s1. The Bertz CT molecular complexity index is 1930. The predicted molar refractivity (Wildman–Crippen MR) is 196 cm³/mol. The lowest BCUT2D eigenvalue weighted by atomic mass is 9.79. The van der Waals surface area contributed by atoms with Gasteiger partial charge in [-0.2, -0.15) is 0 Å². The Hall–Kier alpha value is -5.40. The Labute approximate surface area is 319 Å². The molecule has 0 bridgehead atoms. The number of likely N-dealkylation sites (N-methyl/N-ethyl adjacent to an activating group) is 1. The van der Waals surface area contributed by atoms with Crippen LogP contribution in [0.2, 0.25) is 0 Å². The highest BCUT2D eigenvalue weighted by Gasteiger charge is 2.60. The number of β-lactam (4-membered cyclic amide) rings is 1. The number of carbonyl (C=O) groups excluding carboxylic acids is 4. The largest absolute Gasteiger partial charge is 0.456 e. The van der Waals surface area contributed by atoms with E-state index in [1.807, 2.05) is 18.9 Å². The molecule has 3 amide bonds. The lowest BCUT2D eigenvalue weighted by molar-refractivity contribution is -0.385. The summed E-state index contributed by atoms with van der Waals surface area (Å²) >= 11 is 1.42. The number of ether oxygens (including phenoxy) is 2. The van der Waals surface area contributed by atoms with Crippen molar-refractivity contribution in [3.63, 3.8) is 0 Å². The molecule has 6 atom stereocenters. The monoisotopic (exact) mass is 779 g/mol. The van der Waals surface area contributed by atoms with Crippen LogP contribution in [0.5, 0.6) is 0 Å². The lowest BCUT2D eigenvalue weighted by Gasteiger charge is -2.46. The second-order valence-corrected chi connectivity index (χ2v) is 15.6. The molecule has 4 aliphatic rings. The molecule has 0 spiro atoms. The number of fused-ring (bicyclic) bond motifs is 1. The van der Waals surface area contributed by atoms with Crippen molar-refractivity contribution in [2.24, 2.45) is 11.8 Å². The van der Waals surface area contributed by atoms with Crippen molar-refractivity contribution < 1.29 is 43.6 Å². The lowest BCUT2D eigenvalue weighted by Crippen LogP contribution is -2.65. The van der Waals surface area contributed by atoms with Crippen molar-refractivity contribution in [3.05, 3.63) is 90.5 Å². The van der Waals surface area contributed by atoms with Gasteiger partial charge in [-0.25, -0.2) is 9.59 Å². The number of hydrogen-bond acceptors (Lipinski definition) is 14. The van der Waals surface area contributed by atoms with E-state index in [-0.39, 0.29) is 72.2 Å². The van der Waals surface area contributed by atoms with Crippen molar-refractivity contribution >= 4 is 52.8 Å². The van der Waals surface area contributed by atoms with Crippen LogP contribution in [0.3, 0.4) is 0 Å². The molecule has 19 heteroatoms. The van der Waals surface area contributed by atoms with Crippen molar-refractivity contribution in [2.45, 2.75) is 69.9 Å². The van der Waals surface area contributed by atoms with E-state index in [1.54, 1.807) is 11.8 Å². The van der Waals surface area contributed by atoms with Crippen LogP contribution < -0.4 is 0 Å². The Kier molecular flexibility index (Phi) is 11.3. The molecule has 18 nitrogen and oxygen atoms in total. The normalized spacial score (nSPS) is 24.1. The molecule has 292 valence electrons. The fourth-order valence-electron chi connectivity index (χ4n) is 7.60. The second kappa shape index (κ2) is 15.8. The molecule has 3 saturated heterocycles. The Balaban J connectivity index is 1.08. The zero-order valence-electron chi connectivity index (χ0n) is 30.5. The number of likely N-dealkylation sites (tertiary alicyclic amines) is 2. The zero-order chi connectivity index (χ0) is 39.9. The van der Waals surface area contributed by atoms with E-state index in [4.69, 9.17) is 14.9 Å². The number of hydrogen-bond donors (Lipinski definition) is 2. The number of nitrogens with one attached hydrogen (secondary N) is 1. The van der Waals surface area contributed by atoms with Gasteiger partial charge in [0.25, 0.3) is 11.4 Å². The summed E-state index contributed by atoms with van der Waals surface area (Å²) in [6.45, 7) is 5.44. The molecule has 55 heavy (non-hydrogen) atoms. The number of nitrogens with zero attached hydrogens (tertiary/aromatic N) is 6. The van der Waals surface area contributed by atoms with Crippen LogP contribution >= 0.6 is 11.8 Å². The van der Waals surface area contributed by atoms with E-state index in [0.29, 0.717) is 29.0 Å². The number of benzene rings is 2. The highest BCUT2D eigenvalue weighted by molar-refractivity contribution is 8.03. The van der Waals surface area contributed by atoms with Crippen LogP contribution in [-0.4, -0.2) is 120 Å². The number of rotatable bonds is 12. The van der Waals surface area contributed by atoms with Gasteiger partial charge in [-0.05, 0) is 62.7 Å². The molecule has 2 N–H and O–H groups in total. The average molecular weight is 780 g/mol. The van der Waals surface area contributed by atoms with Crippen LogP contribution in [0.1, 0.15) is 38.3 Å². The van der Waals surface area contributed by atoms with Gasteiger partial charge in [0.2, 0.25) is 11.8 Å². The third kappa shape index (κ3) is 7.76. The number of nitro groups is 2. The van der Waals surface area contributed by atoms with E-state index in [2.05, 4.69) is 0 Å². The first-order valence-corrected chi connectivity index (χ1v) is 18.5. The molecule has 0 unspecified atom stereocenters. The Morgan fingerprint density at radius 2 is 1.53 bits per heavy atom. The van der Waals surface area contributed by atoms with Crippen LogP contribution in [0.15, 0.2) is 59.1 Å². The predicted octanol–water partition coefficient (Wildman–Crippen LogP) is 3.27. The summed E-state index contributed by atoms with van der Waals surface area (Å²) in [6.07, 6.45) is -1.26. The number of aliphatic hydroxyl groups excluding tert-OH is 1. The van der Waals surface area contributed by atoms with Gasteiger partial charge in [-0.1, -0.05) is 6.92 Å². The highest BCUT2D eigenvalue weighted by Crippen LogP contribution is 2.52. The molecule has 6 rings (SSSR count). The molecule has 0 aliphatic carbocycles. The molecular weight excluding hydrogens is 739 g/mol. The maximum absolute atomic E-state index is 13.7. The zero-order valence-corrected chi connectivity index (χ0v) is 31.3. The van der Waals surface area contributed by atoms with E-state index >= 15 is 0 Å². The van der Waals surface area contributed by atoms with Gasteiger partial charge in [0, 0.05) is 60.0 Å². The molecule has 0 aromatic heterocycles. The minimum absolute atomic E-state index is 0.0534. The summed E-state index contributed by atoms with van der Waals surface area (Å²) in [7, 11) is 1.83. The number of nitro benzene ring substituents is 2. The summed E-state index contributed by atoms with van der Waals surface area (Å²) in [5, 5.41) is 40.4. The van der Waals surface area contributed by atoms with Gasteiger partial charge in [0.05, 0.1) is 40.0 Å². The summed E-state index contributed by atoms with van der Waals surface area (Å²) in [6, 6.07) is 9.76. The van der Waals surface area contributed by atoms with Gasteiger partial charge in [-0.15, -0.1) is 11.8 Å². The van der Waals surface area contributed by atoms with Crippen LogP contribution in [-0.2, 0) is 37.1 Å². The summed E-state index contributed by atoms with van der Waals surface area (Å²) in [5.41, 5.74) is 0.977. The number of non-ortho nitro benzene ring substituents is 2. The smallest absolute Gasteiger partial charge is 0.415 e. The fraction of sp³-hybridized carbons (Fsp3) is 0.472. The minimum Gasteiger partial charge on any atom is -0.456 e. The van der Waals surface area contributed by atoms with Gasteiger partial charge < -0.3 is 24.4 Å². The molecule has 0 radical (unpaired) electrons. The third-order valence-corrected chi connectivity index (χ3v) is 12.0. The minimum atomic E-state index is -0.929. The maximum atomic E-state index is 13.7. The molecular formula is C36H41N7O11S. The topological polar surface area (TPSA) is 230 Å². The highest BCUT2D eigenvalue weighted by atomic mass is 32.2. The van der Waals surface area contributed by atoms with Crippen molar-refractivity contribution in [1.82, 2.24) is 19.6 Å². The first-order chi connectivity index (χ1) is 26.1. The van der Waals surface area contributed by atoms with E-state index in [1.165, 1.54) is 77.0 Å². The van der Waals surface area contributed by atoms with Crippen molar-refractivity contribution in [2.75, 3.05) is 26.7 Å².